The quantitative estimate of drug-likeness (QED) is 0.710. The number of hydrogen-bond donors (Lipinski definition) is 1. The third-order valence-corrected chi connectivity index (χ3v) is 5.17. The van der Waals surface area contributed by atoms with Crippen LogP contribution in [0.4, 0.5) is 4.79 Å². The lowest BCUT2D eigenvalue weighted by Crippen LogP contribution is -2.40. The van der Waals surface area contributed by atoms with Gasteiger partial charge in [0.15, 0.2) is 5.76 Å². The molecule has 28 heavy (non-hydrogen) atoms. The number of aryl methyl sites for hydroxylation is 2. The molecule has 4 rings (SSSR count). The molecule has 3 aromatic rings. The first-order chi connectivity index (χ1) is 13.5. The molecule has 1 N–H and O–H groups in total. The van der Waals surface area contributed by atoms with Crippen molar-refractivity contribution in [2.45, 2.75) is 45.8 Å². The molecular weight excluding hydrogens is 356 g/mol. The lowest BCUT2D eigenvalue weighted by molar-refractivity contribution is 0.190. The molecular formula is C20H24N6O2. The van der Waals surface area contributed by atoms with Crippen molar-refractivity contribution in [1.82, 2.24) is 30.1 Å². The second-order valence-corrected chi connectivity index (χ2v) is 7.21. The minimum Gasteiger partial charge on any atom is -0.359 e. The first kappa shape index (κ1) is 18.2. The Kier molecular flexibility index (Phi) is 4.85. The van der Waals surface area contributed by atoms with Crippen LogP contribution in [0.5, 0.6) is 0 Å². The van der Waals surface area contributed by atoms with Gasteiger partial charge in [-0.25, -0.2) is 4.79 Å². The van der Waals surface area contributed by atoms with Gasteiger partial charge in [-0.1, -0.05) is 5.16 Å². The van der Waals surface area contributed by atoms with Gasteiger partial charge in [-0.2, -0.15) is 5.10 Å². The van der Waals surface area contributed by atoms with Crippen molar-refractivity contribution in [3.8, 4) is 11.3 Å². The highest BCUT2D eigenvalue weighted by molar-refractivity contribution is 5.75. The van der Waals surface area contributed by atoms with Crippen LogP contribution in [0, 0.1) is 13.8 Å². The van der Waals surface area contributed by atoms with E-state index in [4.69, 9.17) is 4.52 Å². The lowest BCUT2D eigenvalue weighted by atomic mass is 10.2. The molecule has 1 aliphatic carbocycles. The van der Waals surface area contributed by atoms with Crippen LogP contribution in [-0.2, 0) is 20.1 Å². The Bertz CT molecular complexity index is 974. The summed E-state index contributed by atoms with van der Waals surface area (Å²) in [4.78, 5) is 18.8. The minimum atomic E-state index is -0.0931. The zero-order valence-corrected chi connectivity index (χ0v) is 16.3. The standard InChI is InChI=1S/C20H24N6O2/c1-13-18(14(2)25(3)23-13)12-26(16-6-7-16)20(27)22-11-17-9-19(24-28-17)15-5-4-8-21-10-15/h4-5,8-10,16H,6-7,11-12H2,1-3H3,(H,22,27). The Balaban J connectivity index is 1.41. The number of aromatic nitrogens is 4. The van der Waals surface area contributed by atoms with E-state index in [1.807, 2.05) is 48.7 Å². The molecule has 8 nitrogen and oxygen atoms in total. The maximum atomic E-state index is 12.8. The average molecular weight is 380 g/mol. The predicted molar refractivity (Wildman–Crippen MR) is 103 cm³/mol. The van der Waals surface area contributed by atoms with Crippen molar-refractivity contribution in [3.63, 3.8) is 0 Å². The molecule has 1 aliphatic rings. The van der Waals surface area contributed by atoms with Gasteiger partial charge in [0, 0.05) is 48.4 Å². The van der Waals surface area contributed by atoms with Crippen LogP contribution in [-0.4, -0.2) is 36.9 Å². The first-order valence-corrected chi connectivity index (χ1v) is 9.42. The fraction of sp³-hybridized carbons (Fsp3) is 0.400. The van der Waals surface area contributed by atoms with Gasteiger partial charge in [-0.05, 0) is 38.8 Å². The summed E-state index contributed by atoms with van der Waals surface area (Å²) >= 11 is 0. The molecule has 0 aliphatic heterocycles. The van der Waals surface area contributed by atoms with Crippen LogP contribution in [0.25, 0.3) is 11.3 Å². The normalized spacial score (nSPS) is 13.5. The number of nitrogens with zero attached hydrogens (tertiary/aromatic N) is 5. The molecule has 8 heteroatoms. The van der Waals surface area contributed by atoms with E-state index in [2.05, 4.69) is 20.6 Å². The molecule has 0 aromatic carbocycles. The van der Waals surface area contributed by atoms with Crippen molar-refractivity contribution in [1.29, 1.82) is 0 Å². The molecule has 1 saturated carbocycles. The number of nitrogens with one attached hydrogen (secondary N) is 1. The summed E-state index contributed by atoms with van der Waals surface area (Å²) in [5, 5.41) is 11.5. The van der Waals surface area contributed by atoms with Gasteiger partial charge in [0.05, 0.1) is 18.8 Å². The van der Waals surface area contributed by atoms with Crippen LogP contribution in [0.3, 0.4) is 0 Å². The number of rotatable bonds is 6. The van der Waals surface area contributed by atoms with Crippen LogP contribution in [0.15, 0.2) is 35.1 Å². The second kappa shape index (κ2) is 7.46. The number of amides is 2. The summed E-state index contributed by atoms with van der Waals surface area (Å²) in [6.07, 6.45) is 5.52. The maximum Gasteiger partial charge on any atom is 0.318 e. The highest BCUT2D eigenvalue weighted by Gasteiger charge is 2.33. The van der Waals surface area contributed by atoms with Gasteiger partial charge in [0.25, 0.3) is 0 Å². The topological polar surface area (TPSA) is 89.1 Å². The number of urea groups is 1. The van der Waals surface area contributed by atoms with Crippen LogP contribution >= 0.6 is 0 Å². The van der Waals surface area contributed by atoms with E-state index in [0.29, 0.717) is 30.6 Å². The fourth-order valence-corrected chi connectivity index (χ4v) is 3.28. The van der Waals surface area contributed by atoms with Gasteiger partial charge < -0.3 is 14.7 Å². The Morgan fingerprint density at radius 1 is 1.39 bits per heavy atom. The van der Waals surface area contributed by atoms with Gasteiger partial charge in [-0.15, -0.1) is 0 Å². The van der Waals surface area contributed by atoms with Crippen molar-refractivity contribution in [3.05, 3.63) is 53.3 Å². The Labute approximate surface area is 163 Å². The fourth-order valence-electron chi connectivity index (χ4n) is 3.28. The van der Waals surface area contributed by atoms with Gasteiger partial charge in [0.1, 0.15) is 5.69 Å². The molecule has 0 unspecified atom stereocenters. The molecule has 0 atom stereocenters. The zero-order valence-electron chi connectivity index (χ0n) is 16.3. The molecule has 3 heterocycles. The van der Waals surface area contributed by atoms with Gasteiger partial charge in [-0.3, -0.25) is 9.67 Å². The van der Waals surface area contributed by atoms with Gasteiger partial charge in [0.2, 0.25) is 0 Å². The molecule has 0 saturated heterocycles. The third kappa shape index (κ3) is 3.76. The van der Waals surface area contributed by atoms with E-state index in [1.54, 1.807) is 12.4 Å². The summed E-state index contributed by atoms with van der Waals surface area (Å²) < 4.78 is 7.22. The maximum absolute atomic E-state index is 12.8. The monoisotopic (exact) mass is 380 g/mol. The summed E-state index contributed by atoms with van der Waals surface area (Å²) in [5.41, 5.74) is 4.76. The third-order valence-electron chi connectivity index (χ3n) is 5.17. The van der Waals surface area contributed by atoms with Crippen molar-refractivity contribution in [2.24, 2.45) is 7.05 Å². The van der Waals surface area contributed by atoms with E-state index in [9.17, 15) is 4.79 Å². The zero-order chi connectivity index (χ0) is 19.7. The highest BCUT2D eigenvalue weighted by Crippen LogP contribution is 2.29. The molecule has 0 spiro atoms. The molecule has 0 bridgehead atoms. The molecule has 0 radical (unpaired) electrons. The summed E-state index contributed by atoms with van der Waals surface area (Å²) in [7, 11) is 1.93. The minimum absolute atomic E-state index is 0.0931. The largest absolute Gasteiger partial charge is 0.359 e. The number of pyridine rings is 1. The SMILES string of the molecule is Cc1nn(C)c(C)c1CN(C(=O)NCc1cc(-c2cccnc2)no1)C1CC1. The van der Waals surface area contributed by atoms with E-state index in [0.717, 1.165) is 35.4 Å². The average Bonchev–Trinajstić information content (AvgIpc) is 3.37. The molecule has 1 fully saturated rings. The smallest absolute Gasteiger partial charge is 0.318 e. The van der Waals surface area contributed by atoms with Crippen LogP contribution in [0.1, 0.15) is 35.6 Å². The Morgan fingerprint density at radius 3 is 2.86 bits per heavy atom. The predicted octanol–water partition coefficient (Wildman–Crippen LogP) is 2.96. The van der Waals surface area contributed by atoms with Crippen LogP contribution < -0.4 is 5.32 Å². The first-order valence-electron chi connectivity index (χ1n) is 9.42. The number of carbonyl (C=O) groups is 1. The molecule has 146 valence electrons. The second-order valence-electron chi connectivity index (χ2n) is 7.21. The van der Waals surface area contributed by atoms with E-state index in [1.165, 1.54) is 0 Å². The summed E-state index contributed by atoms with van der Waals surface area (Å²) in [5.74, 6) is 0.608. The Morgan fingerprint density at radius 2 is 2.21 bits per heavy atom. The van der Waals surface area contributed by atoms with Crippen molar-refractivity contribution < 1.29 is 9.32 Å². The molecule has 3 aromatic heterocycles. The number of carbonyl (C=O) groups excluding carboxylic acids is 1. The van der Waals surface area contributed by atoms with Crippen molar-refractivity contribution >= 4 is 6.03 Å². The van der Waals surface area contributed by atoms with Gasteiger partial charge >= 0.3 is 6.03 Å². The van der Waals surface area contributed by atoms with Crippen LogP contribution in [0.2, 0.25) is 0 Å². The lowest BCUT2D eigenvalue weighted by Gasteiger charge is -2.23. The highest BCUT2D eigenvalue weighted by atomic mass is 16.5. The van der Waals surface area contributed by atoms with E-state index in [-0.39, 0.29) is 6.03 Å². The summed E-state index contributed by atoms with van der Waals surface area (Å²) in [6.45, 7) is 4.88. The van der Waals surface area contributed by atoms with Crippen molar-refractivity contribution in [2.75, 3.05) is 0 Å². The Hall–Kier alpha value is -3.16. The van der Waals surface area contributed by atoms with E-state index >= 15 is 0 Å². The molecule has 2 amide bonds. The number of hydrogen-bond acceptors (Lipinski definition) is 5. The summed E-state index contributed by atoms with van der Waals surface area (Å²) in [6, 6.07) is 5.79. The van der Waals surface area contributed by atoms with E-state index < -0.39 is 0 Å².